The maximum absolute atomic E-state index is 11.5. The van der Waals surface area contributed by atoms with Crippen molar-refractivity contribution < 1.29 is 51.3 Å². The number of hydrogen-bond acceptors (Lipinski definition) is 11. The summed E-state index contributed by atoms with van der Waals surface area (Å²) in [4.78, 5) is 45.6. The van der Waals surface area contributed by atoms with Crippen LogP contribution in [0.1, 0.15) is 27.7 Å². The number of ether oxygens (including phenoxy) is 5. The van der Waals surface area contributed by atoms with Gasteiger partial charge in [0.05, 0.1) is 0 Å². The standard InChI is InChI=1S/C14H22N2O11S/c1-6(17)23-5-10-11(24-7(2)18)12(25-8(3)19)13(26-9(4)20)14(27-10)16-28(15,21)22/h10-14,16H,5H2,1-4H3,(H2,15,21,22)/t10-,11?,12?,13?,14-/m1/s1. The third kappa shape index (κ3) is 7.75. The minimum atomic E-state index is -4.36. The summed E-state index contributed by atoms with van der Waals surface area (Å²) in [6, 6.07) is 0. The minimum absolute atomic E-state index is 0.485. The molecule has 0 radical (unpaired) electrons. The Kier molecular flexibility index (Phi) is 8.29. The lowest BCUT2D eigenvalue weighted by atomic mass is 9.97. The Balaban J connectivity index is 3.36. The fourth-order valence-corrected chi connectivity index (χ4v) is 3.00. The van der Waals surface area contributed by atoms with E-state index in [0.717, 1.165) is 27.7 Å². The lowest BCUT2D eigenvalue weighted by Crippen LogP contribution is -2.66. The first kappa shape index (κ1) is 23.7. The molecule has 1 heterocycles. The molecule has 0 saturated carbocycles. The van der Waals surface area contributed by atoms with Crippen molar-refractivity contribution in [2.24, 2.45) is 5.14 Å². The van der Waals surface area contributed by atoms with Gasteiger partial charge < -0.3 is 23.7 Å². The summed E-state index contributed by atoms with van der Waals surface area (Å²) < 4.78 is 50.3. The summed E-state index contributed by atoms with van der Waals surface area (Å²) in [5.74, 6) is -3.22. The number of carbonyl (C=O) groups excluding carboxylic acids is 4. The van der Waals surface area contributed by atoms with E-state index in [9.17, 15) is 27.6 Å². The third-order valence-electron chi connectivity index (χ3n) is 3.27. The number of nitrogens with one attached hydrogen (secondary N) is 1. The molecule has 3 N–H and O–H groups in total. The van der Waals surface area contributed by atoms with Crippen molar-refractivity contribution in [1.29, 1.82) is 0 Å². The summed E-state index contributed by atoms with van der Waals surface area (Å²) in [6.45, 7) is 3.73. The van der Waals surface area contributed by atoms with Gasteiger partial charge in [0, 0.05) is 27.7 Å². The summed E-state index contributed by atoms with van der Waals surface area (Å²) >= 11 is 0. The molecular weight excluding hydrogens is 404 g/mol. The average Bonchev–Trinajstić information content (AvgIpc) is 2.48. The summed E-state index contributed by atoms with van der Waals surface area (Å²) in [6.07, 6.45) is -7.33. The van der Waals surface area contributed by atoms with Crippen LogP contribution >= 0.6 is 0 Å². The zero-order chi connectivity index (χ0) is 21.6. The Labute approximate surface area is 160 Å². The van der Waals surface area contributed by atoms with Gasteiger partial charge in [0.25, 0.3) is 10.2 Å². The molecule has 1 rings (SSSR count). The molecule has 0 spiro atoms. The number of esters is 4. The van der Waals surface area contributed by atoms with Crippen LogP contribution in [-0.2, 0) is 53.1 Å². The van der Waals surface area contributed by atoms with Gasteiger partial charge in [-0.05, 0) is 0 Å². The molecule has 0 aromatic rings. The molecule has 0 aromatic carbocycles. The van der Waals surface area contributed by atoms with Crippen molar-refractivity contribution in [3.05, 3.63) is 0 Å². The minimum Gasteiger partial charge on any atom is -0.463 e. The highest BCUT2D eigenvalue weighted by Gasteiger charge is 2.52. The molecule has 28 heavy (non-hydrogen) atoms. The smallest absolute Gasteiger partial charge is 0.303 e. The third-order valence-corrected chi connectivity index (χ3v) is 3.83. The van der Waals surface area contributed by atoms with E-state index in [1.165, 1.54) is 0 Å². The molecule has 5 atom stereocenters. The monoisotopic (exact) mass is 426 g/mol. The van der Waals surface area contributed by atoms with Crippen molar-refractivity contribution >= 4 is 34.1 Å². The van der Waals surface area contributed by atoms with E-state index in [1.54, 1.807) is 0 Å². The molecule has 0 bridgehead atoms. The van der Waals surface area contributed by atoms with E-state index >= 15 is 0 Å². The second-order valence-corrected chi connectivity index (χ2v) is 7.11. The quantitative estimate of drug-likeness (QED) is 0.334. The summed E-state index contributed by atoms with van der Waals surface area (Å²) in [5, 5.41) is 4.95. The van der Waals surface area contributed by atoms with Crippen LogP contribution in [0.4, 0.5) is 0 Å². The first-order valence-corrected chi connectivity index (χ1v) is 9.45. The van der Waals surface area contributed by atoms with Gasteiger partial charge in [-0.3, -0.25) is 19.2 Å². The summed E-state index contributed by atoms with van der Waals surface area (Å²) in [5.41, 5.74) is 0. The molecule has 0 amide bonds. The maximum atomic E-state index is 11.5. The second kappa shape index (κ2) is 9.77. The van der Waals surface area contributed by atoms with Crippen LogP contribution in [0, 0.1) is 0 Å². The molecule has 160 valence electrons. The topological polar surface area (TPSA) is 187 Å². The zero-order valence-corrected chi connectivity index (χ0v) is 16.4. The van der Waals surface area contributed by atoms with E-state index in [-0.39, 0.29) is 0 Å². The molecule has 1 saturated heterocycles. The first-order chi connectivity index (χ1) is 12.8. The number of rotatable bonds is 7. The highest BCUT2D eigenvalue weighted by molar-refractivity contribution is 7.87. The molecule has 14 heteroatoms. The second-order valence-electron chi connectivity index (χ2n) is 5.78. The van der Waals surface area contributed by atoms with Gasteiger partial charge >= 0.3 is 23.9 Å². The predicted molar refractivity (Wildman–Crippen MR) is 88.2 cm³/mol. The van der Waals surface area contributed by atoms with Crippen LogP contribution in [0.15, 0.2) is 0 Å². The molecule has 13 nitrogen and oxygen atoms in total. The van der Waals surface area contributed by atoms with E-state index in [4.69, 9.17) is 28.8 Å². The Bertz CT molecular complexity index is 723. The SMILES string of the molecule is CC(=O)OC[C@H]1O[C@@H](NS(N)(=O)=O)C(OC(C)=O)C(OC(C)=O)C1OC(C)=O. The Morgan fingerprint density at radius 3 is 1.75 bits per heavy atom. The lowest BCUT2D eigenvalue weighted by molar-refractivity contribution is -0.254. The summed E-state index contributed by atoms with van der Waals surface area (Å²) in [7, 11) is -4.36. The predicted octanol–water partition coefficient (Wildman–Crippen LogP) is -2.14. The maximum Gasteiger partial charge on any atom is 0.303 e. The van der Waals surface area contributed by atoms with E-state index in [1.807, 2.05) is 4.72 Å². The van der Waals surface area contributed by atoms with Gasteiger partial charge in [0.2, 0.25) is 0 Å². The van der Waals surface area contributed by atoms with Crippen molar-refractivity contribution in [3.63, 3.8) is 0 Å². The highest BCUT2D eigenvalue weighted by Crippen LogP contribution is 2.28. The molecule has 1 fully saturated rings. The van der Waals surface area contributed by atoms with Gasteiger partial charge in [-0.2, -0.15) is 13.1 Å². The van der Waals surface area contributed by atoms with E-state index in [2.05, 4.69) is 0 Å². The van der Waals surface area contributed by atoms with Crippen LogP contribution in [0.25, 0.3) is 0 Å². The van der Waals surface area contributed by atoms with E-state index in [0.29, 0.717) is 0 Å². The zero-order valence-electron chi connectivity index (χ0n) is 15.6. The lowest BCUT2D eigenvalue weighted by Gasteiger charge is -2.44. The van der Waals surface area contributed by atoms with Gasteiger partial charge in [-0.25, -0.2) is 5.14 Å². The van der Waals surface area contributed by atoms with Gasteiger partial charge in [0.1, 0.15) is 12.7 Å². The Morgan fingerprint density at radius 1 is 0.857 bits per heavy atom. The molecule has 1 aliphatic rings. The number of carbonyl (C=O) groups is 4. The molecule has 3 unspecified atom stereocenters. The highest BCUT2D eigenvalue weighted by atomic mass is 32.2. The average molecular weight is 426 g/mol. The Morgan fingerprint density at radius 2 is 1.32 bits per heavy atom. The molecule has 1 aliphatic heterocycles. The largest absolute Gasteiger partial charge is 0.463 e. The molecule has 0 aromatic heterocycles. The fraction of sp³-hybridized carbons (Fsp3) is 0.714. The fourth-order valence-electron chi connectivity index (χ4n) is 2.49. The van der Waals surface area contributed by atoms with Crippen LogP contribution in [0.2, 0.25) is 0 Å². The van der Waals surface area contributed by atoms with Gasteiger partial charge in [0.15, 0.2) is 24.5 Å². The van der Waals surface area contributed by atoms with Crippen molar-refractivity contribution in [2.45, 2.75) is 58.3 Å². The van der Waals surface area contributed by atoms with E-state index < -0.39 is 71.3 Å². The van der Waals surface area contributed by atoms with Crippen LogP contribution in [-0.4, -0.2) is 69.5 Å². The molecule has 0 aliphatic carbocycles. The number of nitrogens with two attached hydrogens (primary N) is 1. The van der Waals surface area contributed by atoms with Crippen molar-refractivity contribution in [3.8, 4) is 0 Å². The number of hydrogen-bond donors (Lipinski definition) is 2. The van der Waals surface area contributed by atoms with Crippen LogP contribution in [0.3, 0.4) is 0 Å². The normalized spacial score (nSPS) is 27.4. The van der Waals surface area contributed by atoms with Crippen LogP contribution < -0.4 is 9.86 Å². The van der Waals surface area contributed by atoms with Crippen molar-refractivity contribution in [2.75, 3.05) is 6.61 Å². The van der Waals surface area contributed by atoms with Crippen molar-refractivity contribution in [1.82, 2.24) is 4.72 Å². The molecular formula is C14H22N2O11S. The van der Waals surface area contributed by atoms with Gasteiger partial charge in [-0.15, -0.1) is 0 Å². The first-order valence-electron chi connectivity index (χ1n) is 7.90. The van der Waals surface area contributed by atoms with Gasteiger partial charge in [-0.1, -0.05) is 0 Å². The van der Waals surface area contributed by atoms with Crippen LogP contribution in [0.5, 0.6) is 0 Å². The Hall–Kier alpha value is -2.29.